The minimum atomic E-state index is -4.64. The predicted octanol–water partition coefficient (Wildman–Crippen LogP) is 16.5. The van der Waals surface area contributed by atoms with Crippen LogP contribution in [0.15, 0.2) is 85.1 Å². The number of allylic oxidation sites excluding steroid dienone is 14. The summed E-state index contributed by atoms with van der Waals surface area (Å²) >= 11 is 0. The van der Waals surface area contributed by atoms with Crippen LogP contribution in [0.5, 0.6) is 0 Å². The van der Waals surface area contributed by atoms with E-state index in [0.717, 1.165) is 103 Å². The number of rotatable bonds is 50. The number of unbranched alkanes of at least 4 members (excludes halogenated alkanes) is 22. The fraction of sp³-hybridized carbons (Fsp3) is 0.729. The first-order chi connectivity index (χ1) is 33.5. The molecule has 10 heteroatoms. The number of hydrogen-bond acceptors (Lipinski definition) is 8. The van der Waals surface area contributed by atoms with Gasteiger partial charge >= 0.3 is 11.9 Å². The molecular formula is C59H104NO8P. The maximum absolute atomic E-state index is 12.8. The van der Waals surface area contributed by atoms with E-state index in [-0.39, 0.29) is 26.1 Å². The lowest BCUT2D eigenvalue weighted by molar-refractivity contribution is -0.870. The quantitative estimate of drug-likeness (QED) is 0.0195. The summed E-state index contributed by atoms with van der Waals surface area (Å²) in [6, 6.07) is 0. The number of carbonyl (C=O) groups is 2. The number of quaternary nitrogens is 1. The summed E-state index contributed by atoms with van der Waals surface area (Å²) in [6.45, 7) is 4.11. The van der Waals surface area contributed by atoms with Crippen LogP contribution in [0.4, 0.5) is 0 Å². The molecule has 0 rings (SSSR count). The van der Waals surface area contributed by atoms with Gasteiger partial charge < -0.3 is 27.9 Å². The van der Waals surface area contributed by atoms with Crippen molar-refractivity contribution in [1.29, 1.82) is 0 Å². The molecule has 2 unspecified atom stereocenters. The zero-order valence-electron chi connectivity index (χ0n) is 45.0. The Bertz CT molecular complexity index is 1440. The highest BCUT2D eigenvalue weighted by atomic mass is 31.2. The molecule has 0 aromatic rings. The van der Waals surface area contributed by atoms with E-state index in [4.69, 9.17) is 18.5 Å². The van der Waals surface area contributed by atoms with Gasteiger partial charge in [-0.3, -0.25) is 14.2 Å². The Kier molecular flexibility index (Phi) is 48.1. The lowest BCUT2D eigenvalue weighted by atomic mass is 10.0. The number of ether oxygens (including phenoxy) is 2. The molecule has 2 atom stereocenters. The van der Waals surface area contributed by atoms with Crippen molar-refractivity contribution < 1.29 is 42.1 Å². The molecular weight excluding hydrogens is 882 g/mol. The lowest BCUT2D eigenvalue weighted by Gasteiger charge is -2.28. The molecule has 0 saturated heterocycles. The summed E-state index contributed by atoms with van der Waals surface area (Å²) in [5.41, 5.74) is 0. The van der Waals surface area contributed by atoms with Crippen LogP contribution in [0.1, 0.15) is 226 Å². The Labute approximate surface area is 424 Å². The van der Waals surface area contributed by atoms with Gasteiger partial charge in [-0.05, 0) is 89.9 Å². The summed E-state index contributed by atoms with van der Waals surface area (Å²) < 4.78 is 34.1. The predicted molar refractivity (Wildman–Crippen MR) is 291 cm³/mol. The Morgan fingerprint density at radius 3 is 1.25 bits per heavy atom. The number of likely N-dealkylation sites (N-methyl/N-ethyl adjacent to an activating group) is 1. The highest BCUT2D eigenvalue weighted by Gasteiger charge is 2.21. The SMILES string of the molecule is CC/C=C\C/C=C\C/C=C\C/C=C\C/C=C\C/C=C\CCCCCCCCCCCCC(=O)OC(COC(=O)CCCCCCC/C=C\CCCCCCCCC)COP(=O)([O-])OCC[N+](C)(C)C. The molecule has 0 amide bonds. The number of phosphoric acid groups is 1. The summed E-state index contributed by atoms with van der Waals surface area (Å²) in [5.74, 6) is -0.849. The van der Waals surface area contributed by atoms with Crippen molar-refractivity contribution in [2.45, 2.75) is 232 Å². The number of phosphoric ester groups is 1. The maximum Gasteiger partial charge on any atom is 0.306 e. The largest absolute Gasteiger partial charge is 0.756 e. The van der Waals surface area contributed by atoms with Gasteiger partial charge in [-0.15, -0.1) is 0 Å². The molecule has 69 heavy (non-hydrogen) atoms. The molecule has 0 radical (unpaired) electrons. The second-order valence-corrected chi connectivity index (χ2v) is 21.0. The maximum atomic E-state index is 12.8. The van der Waals surface area contributed by atoms with Gasteiger partial charge in [0.15, 0.2) is 6.10 Å². The molecule has 0 spiro atoms. The van der Waals surface area contributed by atoms with Crippen molar-refractivity contribution >= 4 is 19.8 Å². The minimum Gasteiger partial charge on any atom is -0.756 e. The summed E-state index contributed by atoms with van der Waals surface area (Å²) in [7, 11) is 1.15. The minimum absolute atomic E-state index is 0.0363. The molecule has 0 aromatic heterocycles. The van der Waals surface area contributed by atoms with Crippen LogP contribution in [0.3, 0.4) is 0 Å². The van der Waals surface area contributed by atoms with Crippen molar-refractivity contribution in [3.63, 3.8) is 0 Å². The van der Waals surface area contributed by atoms with Crippen LogP contribution in [-0.4, -0.2) is 70.0 Å². The molecule has 9 nitrogen and oxygen atoms in total. The number of carbonyl (C=O) groups excluding carboxylic acids is 2. The number of hydrogen-bond donors (Lipinski definition) is 0. The molecule has 398 valence electrons. The molecule has 0 aromatic carbocycles. The number of esters is 2. The zero-order valence-corrected chi connectivity index (χ0v) is 45.9. The van der Waals surface area contributed by atoms with Crippen LogP contribution in [0, 0.1) is 0 Å². The lowest BCUT2D eigenvalue weighted by Crippen LogP contribution is -2.37. The van der Waals surface area contributed by atoms with Gasteiger partial charge in [-0.25, -0.2) is 0 Å². The highest BCUT2D eigenvalue weighted by Crippen LogP contribution is 2.38. The van der Waals surface area contributed by atoms with E-state index in [0.29, 0.717) is 17.4 Å². The Morgan fingerprint density at radius 2 is 0.826 bits per heavy atom. The average molecular weight is 986 g/mol. The molecule has 0 aliphatic carbocycles. The van der Waals surface area contributed by atoms with Gasteiger partial charge in [-0.1, -0.05) is 208 Å². The third kappa shape index (κ3) is 54.4. The van der Waals surface area contributed by atoms with Crippen LogP contribution in [0.2, 0.25) is 0 Å². The monoisotopic (exact) mass is 986 g/mol. The first kappa shape index (κ1) is 66.2. The molecule has 0 saturated carbocycles. The second kappa shape index (κ2) is 50.1. The zero-order chi connectivity index (χ0) is 50.6. The Hall–Kier alpha value is -2.81. The van der Waals surface area contributed by atoms with E-state index in [1.54, 1.807) is 0 Å². The van der Waals surface area contributed by atoms with Crippen molar-refractivity contribution in [3.8, 4) is 0 Å². The normalized spacial score (nSPS) is 14.0. The first-order valence-electron chi connectivity index (χ1n) is 27.8. The topological polar surface area (TPSA) is 111 Å². The Morgan fingerprint density at radius 1 is 0.464 bits per heavy atom. The fourth-order valence-corrected chi connectivity index (χ4v) is 8.09. The second-order valence-electron chi connectivity index (χ2n) is 19.6. The highest BCUT2D eigenvalue weighted by molar-refractivity contribution is 7.45. The third-order valence-electron chi connectivity index (χ3n) is 11.6. The van der Waals surface area contributed by atoms with Crippen molar-refractivity contribution in [3.05, 3.63) is 85.1 Å². The van der Waals surface area contributed by atoms with Crippen molar-refractivity contribution in [2.24, 2.45) is 0 Å². The van der Waals surface area contributed by atoms with Gasteiger partial charge in [0.25, 0.3) is 7.82 Å². The molecule has 0 bridgehead atoms. The Balaban J connectivity index is 4.20. The van der Waals surface area contributed by atoms with Crippen LogP contribution in [0.25, 0.3) is 0 Å². The van der Waals surface area contributed by atoms with Gasteiger partial charge in [0, 0.05) is 12.8 Å². The van der Waals surface area contributed by atoms with Crippen LogP contribution < -0.4 is 4.89 Å². The summed E-state index contributed by atoms with van der Waals surface area (Å²) in [5, 5.41) is 0. The van der Waals surface area contributed by atoms with E-state index < -0.39 is 32.5 Å². The number of nitrogens with zero attached hydrogens (tertiary/aromatic N) is 1. The molecule has 0 heterocycles. The smallest absolute Gasteiger partial charge is 0.306 e. The van der Waals surface area contributed by atoms with Gasteiger partial charge in [0.2, 0.25) is 0 Å². The molecule has 0 N–H and O–H groups in total. The van der Waals surface area contributed by atoms with Crippen LogP contribution >= 0.6 is 7.82 Å². The van der Waals surface area contributed by atoms with E-state index in [1.807, 2.05) is 21.1 Å². The van der Waals surface area contributed by atoms with E-state index in [2.05, 4.69) is 98.9 Å². The molecule has 0 fully saturated rings. The summed E-state index contributed by atoms with van der Waals surface area (Å²) in [4.78, 5) is 37.8. The average Bonchev–Trinajstić information content (AvgIpc) is 3.31. The van der Waals surface area contributed by atoms with Gasteiger partial charge in [-0.2, -0.15) is 0 Å². The van der Waals surface area contributed by atoms with E-state index in [1.165, 1.54) is 89.9 Å². The molecule has 0 aliphatic rings. The molecule has 0 aliphatic heterocycles. The third-order valence-corrected chi connectivity index (χ3v) is 12.6. The van der Waals surface area contributed by atoms with E-state index in [9.17, 15) is 19.0 Å². The van der Waals surface area contributed by atoms with Crippen LogP contribution in [-0.2, 0) is 32.7 Å². The fourth-order valence-electron chi connectivity index (χ4n) is 7.36. The first-order valence-corrected chi connectivity index (χ1v) is 29.3. The van der Waals surface area contributed by atoms with Gasteiger partial charge in [0.05, 0.1) is 27.7 Å². The standard InChI is InChI=1S/C59H104NO8P/c1-6-8-10-12-14-16-18-20-22-24-25-26-27-28-29-30-31-32-33-34-35-36-38-40-42-44-46-48-50-52-59(62)68-57(56-67-69(63,64)66-54-53-60(3,4)5)55-65-58(61)51-49-47-45-43-41-39-37-23-21-19-17-15-13-11-9-7-2/h8,10,14,16,20,22-23,25-26,28-29,31-32,37,57H,6-7,9,11-13,15,17-19,21,24,27,30,33-36,38-56H2,1-5H3/b10-8-,16-14-,22-20-,26-25-,29-28-,32-31-,37-23-. The van der Waals surface area contributed by atoms with E-state index >= 15 is 0 Å². The van der Waals surface area contributed by atoms with Crippen molar-refractivity contribution in [2.75, 3.05) is 47.5 Å². The summed E-state index contributed by atoms with van der Waals surface area (Å²) in [6.07, 6.45) is 66.2. The van der Waals surface area contributed by atoms with Crippen molar-refractivity contribution in [1.82, 2.24) is 0 Å². The van der Waals surface area contributed by atoms with Gasteiger partial charge in [0.1, 0.15) is 19.8 Å².